The number of nitrogens with two attached hydrogens (primary N) is 1. The Bertz CT molecular complexity index is 698. The third-order valence-electron chi connectivity index (χ3n) is 2.54. The summed E-state index contributed by atoms with van der Waals surface area (Å²) in [6, 6.07) is 8.49. The standard InChI is InChI=1S/C13H10Cl2N4O/c1-20-11-4-7(6-16)2-3-10(11)18-13-9(15)5-8(14)12(17)19-13/h2-5H,1H3,(H3,17,18,19). The number of pyridine rings is 1. The van der Waals surface area contributed by atoms with Crippen LogP contribution < -0.4 is 15.8 Å². The van der Waals surface area contributed by atoms with Crippen molar-refractivity contribution < 1.29 is 4.74 Å². The van der Waals surface area contributed by atoms with Crippen molar-refractivity contribution in [2.75, 3.05) is 18.2 Å². The van der Waals surface area contributed by atoms with Gasteiger partial charge < -0.3 is 15.8 Å². The molecule has 2 rings (SSSR count). The number of nitriles is 1. The van der Waals surface area contributed by atoms with E-state index in [1.54, 1.807) is 18.2 Å². The quantitative estimate of drug-likeness (QED) is 0.905. The zero-order valence-electron chi connectivity index (χ0n) is 10.4. The van der Waals surface area contributed by atoms with Gasteiger partial charge in [-0.3, -0.25) is 0 Å². The van der Waals surface area contributed by atoms with Gasteiger partial charge in [0.2, 0.25) is 0 Å². The molecule has 0 saturated carbocycles. The van der Waals surface area contributed by atoms with Gasteiger partial charge in [0, 0.05) is 6.07 Å². The van der Waals surface area contributed by atoms with E-state index >= 15 is 0 Å². The lowest BCUT2D eigenvalue weighted by molar-refractivity contribution is 0.416. The van der Waals surface area contributed by atoms with E-state index in [4.69, 9.17) is 38.9 Å². The average molecular weight is 309 g/mol. The summed E-state index contributed by atoms with van der Waals surface area (Å²) in [5.74, 6) is 1.03. The van der Waals surface area contributed by atoms with E-state index < -0.39 is 0 Å². The molecule has 0 atom stereocenters. The van der Waals surface area contributed by atoms with Crippen molar-refractivity contribution in [2.45, 2.75) is 0 Å². The Morgan fingerprint density at radius 2 is 2.05 bits per heavy atom. The molecule has 1 aromatic carbocycles. The summed E-state index contributed by atoms with van der Waals surface area (Å²) >= 11 is 11.9. The van der Waals surface area contributed by atoms with E-state index in [9.17, 15) is 0 Å². The number of nitrogens with one attached hydrogen (secondary N) is 1. The van der Waals surface area contributed by atoms with Crippen LogP contribution in [-0.4, -0.2) is 12.1 Å². The molecule has 0 aliphatic carbocycles. The van der Waals surface area contributed by atoms with Gasteiger partial charge in [-0.05, 0) is 18.2 Å². The fourth-order valence-electron chi connectivity index (χ4n) is 1.56. The summed E-state index contributed by atoms with van der Waals surface area (Å²) in [4.78, 5) is 4.07. The van der Waals surface area contributed by atoms with E-state index in [0.29, 0.717) is 27.8 Å². The number of methoxy groups -OCH3 is 1. The molecule has 20 heavy (non-hydrogen) atoms. The Morgan fingerprint density at radius 3 is 2.70 bits per heavy atom. The lowest BCUT2D eigenvalue weighted by Crippen LogP contribution is -2.00. The Kier molecular flexibility index (Phi) is 4.18. The molecule has 102 valence electrons. The highest BCUT2D eigenvalue weighted by molar-refractivity contribution is 6.37. The van der Waals surface area contributed by atoms with Crippen molar-refractivity contribution >= 4 is 40.5 Å². The van der Waals surface area contributed by atoms with E-state index in [1.807, 2.05) is 6.07 Å². The van der Waals surface area contributed by atoms with Crippen LogP contribution in [0.15, 0.2) is 24.3 Å². The van der Waals surface area contributed by atoms with E-state index in [2.05, 4.69) is 10.3 Å². The predicted octanol–water partition coefficient (Wildman–Crippen LogP) is 3.59. The number of anilines is 3. The van der Waals surface area contributed by atoms with Gasteiger partial charge in [0.15, 0.2) is 5.82 Å². The fraction of sp³-hybridized carbons (Fsp3) is 0.0769. The largest absolute Gasteiger partial charge is 0.495 e. The van der Waals surface area contributed by atoms with E-state index in [-0.39, 0.29) is 10.8 Å². The maximum Gasteiger partial charge on any atom is 0.151 e. The summed E-state index contributed by atoms with van der Waals surface area (Å²) < 4.78 is 5.21. The minimum atomic E-state index is 0.172. The third-order valence-corrected chi connectivity index (χ3v) is 3.13. The molecule has 0 spiro atoms. The normalized spacial score (nSPS) is 9.90. The molecule has 0 unspecified atom stereocenters. The lowest BCUT2D eigenvalue weighted by Gasteiger charge is -2.12. The third kappa shape index (κ3) is 2.87. The summed E-state index contributed by atoms with van der Waals surface area (Å²) in [6.07, 6.45) is 0. The Morgan fingerprint density at radius 1 is 1.30 bits per heavy atom. The number of nitrogen functional groups attached to an aromatic ring is 1. The molecule has 0 aliphatic heterocycles. The van der Waals surface area contributed by atoms with Gasteiger partial charge >= 0.3 is 0 Å². The molecule has 1 aromatic heterocycles. The number of halogens is 2. The second-order valence-corrected chi connectivity index (χ2v) is 4.65. The van der Waals surface area contributed by atoms with Crippen molar-refractivity contribution in [3.05, 3.63) is 39.9 Å². The molecular weight excluding hydrogens is 299 g/mol. The zero-order valence-corrected chi connectivity index (χ0v) is 12.0. The molecule has 5 nitrogen and oxygen atoms in total. The molecule has 0 bridgehead atoms. The maximum absolute atomic E-state index is 8.86. The summed E-state index contributed by atoms with van der Waals surface area (Å²) in [6.45, 7) is 0. The van der Waals surface area contributed by atoms with Crippen molar-refractivity contribution in [3.63, 3.8) is 0 Å². The second kappa shape index (κ2) is 5.87. The number of ether oxygens (including phenoxy) is 1. The first kappa shape index (κ1) is 14.3. The minimum absolute atomic E-state index is 0.172. The monoisotopic (exact) mass is 308 g/mol. The summed E-state index contributed by atoms with van der Waals surface area (Å²) in [5.41, 5.74) is 6.74. The van der Waals surface area contributed by atoms with Crippen molar-refractivity contribution in [3.8, 4) is 11.8 Å². The van der Waals surface area contributed by atoms with Crippen LogP contribution in [0.25, 0.3) is 0 Å². The molecule has 0 amide bonds. The van der Waals surface area contributed by atoms with Crippen LogP contribution in [0, 0.1) is 11.3 Å². The molecule has 0 aliphatic rings. The van der Waals surface area contributed by atoms with Gasteiger partial charge in [-0.15, -0.1) is 0 Å². The molecule has 7 heteroatoms. The highest BCUT2D eigenvalue weighted by atomic mass is 35.5. The smallest absolute Gasteiger partial charge is 0.151 e. The predicted molar refractivity (Wildman–Crippen MR) is 79.7 cm³/mol. The van der Waals surface area contributed by atoms with Gasteiger partial charge in [0.25, 0.3) is 0 Å². The molecule has 0 fully saturated rings. The number of nitrogens with zero attached hydrogens (tertiary/aromatic N) is 2. The molecule has 0 radical (unpaired) electrons. The molecular formula is C13H10Cl2N4O. The van der Waals surface area contributed by atoms with Gasteiger partial charge in [-0.1, -0.05) is 23.2 Å². The van der Waals surface area contributed by atoms with Gasteiger partial charge in [-0.2, -0.15) is 5.26 Å². The first-order valence-corrected chi connectivity index (χ1v) is 6.27. The van der Waals surface area contributed by atoms with Gasteiger partial charge in [-0.25, -0.2) is 4.98 Å². The zero-order chi connectivity index (χ0) is 14.7. The van der Waals surface area contributed by atoms with Crippen LogP contribution in [0.3, 0.4) is 0 Å². The lowest BCUT2D eigenvalue weighted by atomic mass is 10.2. The number of hydrogen-bond acceptors (Lipinski definition) is 5. The molecule has 3 N–H and O–H groups in total. The van der Waals surface area contributed by atoms with Crippen LogP contribution in [0.4, 0.5) is 17.3 Å². The minimum Gasteiger partial charge on any atom is -0.495 e. The number of benzene rings is 1. The van der Waals surface area contributed by atoms with Gasteiger partial charge in [0.05, 0.1) is 34.5 Å². The molecule has 1 heterocycles. The molecule has 2 aromatic rings. The number of hydrogen-bond donors (Lipinski definition) is 2. The highest BCUT2D eigenvalue weighted by Gasteiger charge is 2.10. The molecule has 0 saturated heterocycles. The first-order valence-electron chi connectivity index (χ1n) is 5.52. The van der Waals surface area contributed by atoms with Crippen LogP contribution in [0.5, 0.6) is 5.75 Å². The first-order chi connectivity index (χ1) is 9.55. The van der Waals surface area contributed by atoms with Crippen LogP contribution in [0.2, 0.25) is 10.0 Å². The SMILES string of the molecule is COc1cc(C#N)ccc1Nc1nc(N)c(Cl)cc1Cl. The van der Waals surface area contributed by atoms with E-state index in [0.717, 1.165) is 0 Å². The van der Waals surface area contributed by atoms with Crippen molar-refractivity contribution in [2.24, 2.45) is 0 Å². The number of rotatable bonds is 3. The van der Waals surface area contributed by atoms with Crippen LogP contribution in [-0.2, 0) is 0 Å². The fourth-order valence-corrected chi connectivity index (χ4v) is 1.97. The average Bonchev–Trinajstić information content (AvgIpc) is 2.45. The van der Waals surface area contributed by atoms with E-state index in [1.165, 1.54) is 13.2 Å². The van der Waals surface area contributed by atoms with Crippen molar-refractivity contribution in [1.82, 2.24) is 4.98 Å². The maximum atomic E-state index is 8.86. The van der Waals surface area contributed by atoms with Crippen LogP contribution in [0.1, 0.15) is 5.56 Å². The summed E-state index contributed by atoms with van der Waals surface area (Å²) in [7, 11) is 1.51. The van der Waals surface area contributed by atoms with Gasteiger partial charge in [0.1, 0.15) is 11.6 Å². The Labute approximate surface area is 125 Å². The topological polar surface area (TPSA) is 84.0 Å². The second-order valence-electron chi connectivity index (χ2n) is 3.84. The Hall–Kier alpha value is -2.16. The van der Waals surface area contributed by atoms with Crippen molar-refractivity contribution in [1.29, 1.82) is 5.26 Å². The highest BCUT2D eigenvalue weighted by Crippen LogP contribution is 2.33. The number of aromatic nitrogens is 1. The van der Waals surface area contributed by atoms with Crippen LogP contribution >= 0.6 is 23.2 Å². The summed E-state index contributed by atoms with van der Waals surface area (Å²) in [5, 5.41) is 12.5. The Balaban J connectivity index is 2.40.